The molecule has 2 aromatic heterocycles. The SMILES string of the molecule is O=Cc1c(-c2ccc(F)cc2F)nc2sccn12. The third-order valence-electron chi connectivity index (χ3n) is 2.60. The molecule has 0 aliphatic carbocycles. The summed E-state index contributed by atoms with van der Waals surface area (Å²) in [6.07, 6.45) is 2.30. The van der Waals surface area contributed by atoms with E-state index >= 15 is 0 Å². The van der Waals surface area contributed by atoms with Gasteiger partial charge in [0, 0.05) is 23.2 Å². The zero-order valence-corrected chi connectivity index (χ0v) is 9.75. The lowest BCUT2D eigenvalue weighted by Gasteiger charge is -2.00. The van der Waals surface area contributed by atoms with Crippen molar-refractivity contribution < 1.29 is 13.6 Å². The van der Waals surface area contributed by atoms with Gasteiger partial charge in [0.05, 0.1) is 0 Å². The number of imidazole rings is 1. The van der Waals surface area contributed by atoms with E-state index in [1.807, 2.05) is 0 Å². The Morgan fingerprint density at radius 1 is 1.33 bits per heavy atom. The number of nitrogens with zero attached hydrogens (tertiary/aromatic N) is 2. The summed E-state index contributed by atoms with van der Waals surface area (Å²) < 4.78 is 28.1. The smallest absolute Gasteiger partial charge is 0.194 e. The lowest BCUT2D eigenvalue weighted by molar-refractivity contribution is 0.111. The van der Waals surface area contributed by atoms with Crippen LogP contribution in [0, 0.1) is 11.6 Å². The molecule has 0 bridgehead atoms. The number of rotatable bonds is 2. The van der Waals surface area contributed by atoms with Crippen LogP contribution in [-0.4, -0.2) is 15.7 Å². The highest BCUT2D eigenvalue weighted by Crippen LogP contribution is 2.27. The molecule has 0 atom stereocenters. The second-order valence-electron chi connectivity index (χ2n) is 3.64. The van der Waals surface area contributed by atoms with Crippen LogP contribution in [0.2, 0.25) is 0 Å². The maximum Gasteiger partial charge on any atom is 0.194 e. The predicted octanol–water partition coefficient (Wildman–Crippen LogP) is 3.15. The summed E-state index contributed by atoms with van der Waals surface area (Å²) >= 11 is 1.34. The molecule has 6 heteroatoms. The molecule has 90 valence electrons. The van der Waals surface area contributed by atoms with E-state index in [1.165, 1.54) is 17.4 Å². The first kappa shape index (κ1) is 11.0. The molecule has 0 spiro atoms. The maximum atomic E-state index is 13.7. The normalized spacial score (nSPS) is 11.0. The van der Waals surface area contributed by atoms with Crippen LogP contribution in [0.1, 0.15) is 10.5 Å². The van der Waals surface area contributed by atoms with Crippen molar-refractivity contribution in [3.8, 4) is 11.3 Å². The van der Waals surface area contributed by atoms with Crippen LogP contribution in [-0.2, 0) is 0 Å². The van der Waals surface area contributed by atoms with Gasteiger partial charge in [-0.3, -0.25) is 9.20 Å². The molecule has 1 aromatic carbocycles. The van der Waals surface area contributed by atoms with Crippen LogP contribution in [0.4, 0.5) is 8.78 Å². The largest absolute Gasteiger partial charge is 0.296 e. The molecular weight excluding hydrogens is 258 g/mol. The van der Waals surface area contributed by atoms with E-state index in [9.17, 15) is 13.6 Å². The van der Waals surface area contributed by atoms with Gasteiger partial charge in [-0.1, -0.05) is 0 Å². The molecular formula is C12H6F2N2OS. The van der Waals surface area contributed by atoms with Gasteiger partial charge in [0.15, 0.2) is 11.2 Å². The first-order valence-electron chi connectivity index (χ1n) is 5.07. The number of benzene rings is 1. The number of aldehydes is 1. The average molecular weight is 264 g/mol. The topological polar surface area (TPSA) is 34.4 Å². The quantitative estimate of drug-likeness (QED) is 0.666. The van der Waals surface area contributed by atoms with E-state index in [1.54, 1.807) is 16.0 Å². The van der Waals surface area contributed by atoms with Crippen LogP contribution in [0.3, 0.4) is 0 Å². The molecule has 3 nitrogen and oxygen atoms in total. The summed E-state index contributed by atoms with van der Waals surface area (Å²) in [5, 5.41) is 1.78. The highest BCUT2D eigenvalue weighted by molar-refractivity contribution is 7.15. The van der Waals surface area contributed by atoms with Crippen LogP contribution in [0.25, 0.3) is 16.2 Å². The standard InChI is InChI=1S/C12H6F2N2OS/c13-7-1-2-8(9(14)5-7)11-10(6-17)16-3-4-18-12(16)15-11/h1-6H. The zero-order valence-electron chi connectivity index (χ0n) is 8.93. The summed E-state index contributed by atoms with van der Waals surface area (Å²) in [4.78, 5) is 15.9. The van der Waals surface area contributed by atoms with E-state index < -0.39 is 11.6 Å². The van der Waals surface area contributed by atoms with E-state index in [2.05, 4.69) is 4.98 Å². The minimum atomic E-state index is -0.733. The third kappa shape index (κ3) is 1.53. The Kier molecular flexibility index (Phi) is 2.45. The number of carbonyl (C=O) groups excluding carboxylic acids is 1. The highest BCUT2D eigenvalue weighted by atomic mass is 32.1. The molecule has 0 saturated heterocycles. The molecule has 0 amide bonds. The summed E-state index contributed by atoms with van der Waals surface area (Å²) in [6, 6.07) is 3.20. The summed E-state index contributed by atoms with van der Waals surface area (Å²) in [6.45, 7) is 0. The average Bonchev–Trinajstić information content (AvgIpc) is 2.88. The number of thiazole rings is 1. The van der Waals surface area contributed by atoms with Crippen molar-refractivity contribution in [2.24, 2.45) is 0 Å². The number of carbonyl (C=O) groups is 1. The number of aromatic nitrogens is 2. The van der Waals surface area contributed by atoms with Gasteiger partial charge in [0.1, 0.15) is 23.0 Å². The number of hydrogen-bond donors (Lipinski definition) is 0. The minimum Gasteiger partial charge on any atom is -0.296 e. The second-order valence-corrected chi connectivity index (χ2v) is 4.52. The van der Waals surface area contributed by atoms with Crippen LogP contribution < -0.4 is 0 Å². The molecule has 0 aliphatic heterocycles. The fourth-order valence-corrected chi connectivity index (χ4v) is 2.52. The minimum absolute atomic E-state index is 0.120. The molecule has 0 radical (unpaired) electrons. The monoisotopic (exact) mass is 264 g/mol. The Morgan fingerprint density at radius 2 is 2.17 bits per heavy atom. The summed E-state index contributed by atoms with van der Waals surface area (Å²) in [5.74, 6) is -1.39. The van der Waals surface area contributed by atoms with Crippen molar-refractivity contribution in [3.05, 3.63) is 47.1 Å². The van der Waals surface area contributed by atoms with Crippen LogP contribution >= 0.6 is 11.3 Å². The van der Waals surface area contributed by atoms with Gasteiger partial charge in [-0.2, -0.15) is 0 Å². The summed E-state index contributed by atoms with van der Waals surface area (Å²) in [5.41, 5.74) is 0.612. The highest BCUT2D eigenvalue weighted by Gasteiger charge is 2.17. The van der Waals surface area contributed by atoms with Gasteiger partial charge < -0.3 is 0 Å². The molecule has 0 unspecified atom stereocenters. The Hall–Kier alpha value is -2.08. The third-order valence-corrected chi connectivity index (χ3v) is 3.35. The van der Waals surface area contributed by atoms with Gasteiger partial charge >= 0.3 is 0 Å². The fraction of sp³-hybridized carbons (Fsp3) is 0. The number of fused-ring (bicyclic) bond motifs is 1. The second kappa shape index (κ2) is 3.99. The van der Waals surface area contributed by atoms with Gasteiger partial charge in [-0.15, -0.1) is 11.3 Å². The molecule has 0 saturated carbocycles. The number of hydrogen-bond acceptors (Lipinski definition) is 3. The van der Waals surface area contributed by atoms with Crippen molar-refractivity contribution in [2.45, 2.75) is 0 Å². The Balaban J connectivity index is 2.30. The van der Waals surface area contributed by atoms with Gasteiger partial charge in [0.25, 0.3) is 0 Å². The predicted molar refractivity (Wildman–Crippen MR) is 63.8 cm³/mol. The maximum absolute atomic E-state index is 13.7. The zero-order chi connectivity index (χ0) is 12.7. The van der Waals surface area contributed by atoms with Crippen molar-refractivity contribution in [1.29, 1.82) is 0 Å². The molecule has 3 aromatic rings. The Bertz CT molecular complexity index is 748. The Labute approximate surface area is 104 Å². The van der Waals surface area contributed by atoms with Crippen LogP contribution in [0.5, 0.6) is 0 Å². The number of halogens is 2. The first-order valence-corrected chi connectivity index (χ1v) is 5.95. The van der Waals surface area contributed by atoms with Crippen molar-refractivity contribution in [1.82, 2.24) is 9.38 Å². The fourth-order valence-electron chi connectivity index (χ4n) is 1.80. The van der Waals surface area contributed by atoms with Crippen molar-refractivity contribution in [2.75, 3.05) is 0 Å². The molecule has 0 fully saturated rings. The summed E-state index contributed by atoms with van der Waals surface area (Å²) in [7, 11) is 0. The van der Waals surface area contributed by atoms with E-state index in [4.69, 9.17) is 0 Å². The molecule has 2 heterocycles. The molecule has 18 heavy (non-hydrogen) atoms. The van der Waals surface area contributed by atoms with Gasteiger partial charge in [0.2, 0.25) is 0 Å². The first-order chi connectivity index (χ1) is 8.70. The molecule has 0 N–H and O–H groups in total. The molecule has 0 aliphatic rings. The Morgan fingerprint density at radius 3 is 2.89 bits per heavy atom. The van der Waals surface area contributed by atoms with Crippen molar-refractivity contribution >= 4 is 22.6 Å². The van der Waals surface area contributed by atoms with Crippen molar-refractivity contribution in [3.63, 3.8) is 0 Å². The van der Waals surface area contributed by atoms with E-state index in [0.717, 1.165) is 12.1 Å². The van der Waals surface area contributed by atoms with Crippen LogP contribution in [0.15, 0.2) is 29.8 Å². The lowest BCUT2D eigenvalue weighted by Crippen LogP contribution is -1.93. The van der Waals surface area contributed by atoms with Gasteiger partial charge in [-0.05, 0) is 12.1 Å². The lowest BCUT2D eigenvalue weighted by atomic mass is 10.1. The van der Waals surface area contributed by atoms with Gasteiger partial charge in [-0.25, -0.2) is 13.8 Å². The van der Waals surface area contributed by atoms with E-state index in [-0.39, 0.29) is 17.0 Å². The molecule has 3 rings (SSSR count). The van der Waals surface area contributed by atoms with E-state index in [0.29, 0.717) is 11.2 Å².